The van der Waals surface area contributed by atoms with E-state index in [0.717, 1.165) is 81.4 Å². The van der Waals surface area contributed by atoms with E-state index in [1.54, 1.807) is 0 Å². The fraction of sp³-hybridized carbons (Fsp3) is 0.600. The van der Waals surface area contributed by atoms with Crippen LogP contribution in [-0.2, 0) is 29.6 Å². The number of hydrogen-bond donors (Lipinski definition) is 1. The lowest BCUT2D eigenvalue weighted by molar-refractivity contribution is -0.0801. The molecule has 0 unspecified atom stereocenters. The highest BCUT2D eigenvalue weighted by Gasteiger charge is 2.43. The molecule has 2 aromatic heterocycles. The summed E-state index contributed by atoms with van der Waals surface area (Å²) in [6, 6.07) is 0. The summed E-state index contributed by atoms with van der Waals surface area (Å²) in [5, 5.41) is 0. The molecule has 28 heavy (non-hydrogen) atoms. The van der Waals surface area contributed by atoms with Crippen molar-refractivity contribution in [1.29, 1.82) is 0 Å². The minimum Gasteiger partial charge on any atom is -0.368 e. The molecule has 1 fully saturated rings. The van der Waals surface area contributed by atoms with Gasteiger partial charge in [-0.15, -0.1) is 0 Å². The third kappa shape index (κ3) is 2.78. The van der Waals surface area contributed by atoms with Gasteiger partial charge in [-0.25, -0.2) is 15.0 Å². The highest BCUT2D eigenvalue weighted by molar-refractivity contribution is 5.54. The minimum atomic E-state index is -0.320. The van der Waals surface area contributed by atoms with Gasteiger partial charge in [-0.2, -0.15) is 4.98 Å². The SMILES string of the molecule is CN(C)c1ncc2c(n1)C1(CCN(c3nc(N)nc4c3CCC4)CC1)OCC2. The second-order valence-corrected chi connectivity index (χ2v) is 8.20. The fourth-order valence-electron chi connectivity index (χ4n) is 4.77. The lowest BCUT2D eigenvalue weighted by atomic mass is 9.83. The maximum absolute atomic E-state index is 6.38. The Labute approximate surface area is 165 Å². The Kier molecular flexibility index (Phi) is 4.12. The molecular formula is C20H27N7O. The molecule has 1 aliphatic carbocycles. The summed E-state index contributed by atoms with van der Waals surface area (Å²) in [5.41, 5.74) is 10.4. The topological polar surface area (TPSA) is 93.3 Å². The molecule has 5 rings (SSSR count). The van der Waals surface area contributed by atoms with Gasteiger partial charge in [0.2, 0.25) is 11.9 Å². The number of piperidine rings is 1. The zero-order chi connectivity index (χ0) is 19.3. The first kappa shape index (κ1) is 17.6. The zero-order valence-corrected chi connectivity index (χ0v) is 16.6. The third-order valence-corrected chi connectivity index (χ3v) is 6.23. The molecule has 2 N–H and O–H groups in total. The number of aryl methyl sites for hydroxylation is 1. The molecule has 3 aliphatic rings. The van der Waals surface area contributed by atoms with E-state index in [0.29, 0.717) is 5.95 Å². The Morgan fingerprint density at radius 1 is 1.11 bits per heavy atom. The summed E-state index contributed by atoms with van der Waals surface area (Å²) in [6.45, 7) is 2.49. The van der Waals surface area contributed by atoms with E-state index in [-0.39, 0.29) is 5.60 Å². The number of nitrogens with zero attached hydrogens (tertiary/aromatic N) is 6. The first-order chi connectivity index (χ1) is 13.6. The molecule has 148 valence electrons. The molecule has 1 saturated heterocycles. The van der Waals surface area contributed by atoms with Crippen molar-refractivity contribution in [1.82, 2.24) is 19.9 Å². The maximum atomic E-state index is 6.38. The Morgan fingerprint density at radius 3 is 2.71 bits per heavy atom. The van der Waals surface area contributed by atoms with Crippen LogP contribution in [0.25, 0.3) is 0 Å². The number of aromatic nitrogens is 4. The second kappa shape index (κ2) is 6.55. The van der Waals surface area contributed by atoms with Crippen LogP contribution in [0.5, 0.6) is 0 Å². The van der Waals surface area contributed by atoms with Crippen molar-refractivity contribution in [3.8, 4) is 0 Å². The summed E-state index contributed by atoms with van der Waals surface area (Å²) in [7, 11) is 3.95. The van der Waals surface area contributed by atoms with Gasteiger partial charge < -0.3 is 20.3 Å². The van der Waals surface area contributed by atoms with Gasteiger partial charge in [0.25, 0.3) is 0 Å². The van der Waals surface area contributed by atoms with Gasteiger partial charge in [-0.1, -0.05) is 0 Å². The quantitative estimate of drug-likeness (QED) is 0.836. The Bertz CT molecular complexity index is 906. The molecular weight excluding hydrogens is 354 g/mol. The molecule has 8 nitrogen and oxygen atoms in total. The van der Waals surface area contributed by atoms with E-state index in [4.69, 9.17) is 15.5 Å². The van der Waals surface area contributed by atoms with Gasteiger partial charge in [-0.3, -0.25) is 0 Å². The van der Waals surface area contributed by atoms with E-state index in [9.17, 15) is 0 Å². The zero-order valence-electron chi connectivity index (χ0n) is 16.6. The summed E-state index contributed by atoms with van der Waals surface area (Å²) >= 11 is 0. The van der Waals surface area contributed by atoms with Crippen molar-refractivity contribution in [2.24, 2.45) is 0 Å². The smallest absolute Gasteiger partial charge is 0.225 e. The number of anilines is 3. The van der Waals surface area contributed by atoms with E-state index < -0.39 is 0 Å². The van der Waals surface area contributed by atoms with Crippen LogP contribution in [-0.4, -0.2) is 53.7 Å². The van der Waals surface area contributed by atoms with Gasteiger partial charge in [0.15, 0.2) is 0 Å². The second-order valence-electron chi connectivity index (χ2n) is 8.20. The van der Waals surface area contributed by atoms with Crippen molar-refractivity contribution in [2.45, 2.75) is 44.1 Å². The summed E-state index contributed by atoms with van der Waals surface area (Å²) in [5.74, 6) is 2.16. The molecule has 0 amide bonds. The van der Waals surface area contributed by atoms with Gasteiger partial charge in [0.05, 0.1) is 18.0 Å². The first-order valence-electron chi connectivity index (χ1n) is 10.1. The van der Waals surface area contributed by atoms with Crippen LogP contribution < -0.4 is 15.5 Å². The van der Waals surface area contributed by atoms with Gasteiger partial charge in [0.1, 0.15) is 11.4 Å². The number of fused-ring (bicyclic) bond motifs is 3. The predicted molar refractivity (Wildman–Crippen MR) is 108 cm³/mol. The molecule has 0 bridgehead atoms. The Balaban J connectivity index is 1.44. The lowest BCUT2D eigenvalue weighted by Crippen LogP contribution is -2.48. The number of nitrogens with two attached hydrogens (primary N) is 1. The van der Waals surface area contributed by atoms with Crippen LogP contribution in [0.2, 0.25) is 0 Å². The molecule has 2 aromatic rings. The highest BCUT2D eigenvalue weighted by Crippen LogP contribution is 2.42. The number of hydrogen-bond acceptors (Lipinski definition) is 8. The van der Waals surface area contributed by atoms with Crippen LogP contribution in [0.1, 0.15) is 41.8 Å². The largest absolute Gasteiger partial charge is 0.368 e. The third-order valence-electron chi connectivity index (χ3n) is 6.23. The molecule has 2 aliphatic heterocycles. The first-order valence-corrected chi connectivity index (χ1v) is 10.1. The fourth-order valence-corrected chi connectivity index (χ4v) is 4.77. The molecule has 0 atom stereocenters. The lowest BCUT2D eigenvalue weighted by Gasteiger charge is -2.44. The van der Waals surface area contributed by atoms with Crippen molar-refractivity contribution < 1.29 is 4.74 Å². The Hall–Kier alpha value is -2.48. The summed E-state index contributed by atoms with van der Waals surface area (Å²) in [4.78, 5) is 22.7. The van der Waals surface area contributed by atoms with E-state index in [2.05, 4.69) is 19.9 Å². The van der Waals surface area contributed by atoms with Crippen molar-refractivity contribution >= 4 is 17.7 Å². The van der Waals surface area contributed by atoms with Gasteiger partial charge in [0, 0.05) is 38.9 Å². The van der Waals surface area contributed by atoms with E-state index in [1.807, 2.05) is 25.2 Å². The number of rotatable bonds is 2. The van der Waals surface area contributed by atoms with Crippen LogP contribution in [0.3, 0.4) is 0 Å². The monoisotopic (exact) mass is 381 g/mol. The average molecular weight is 381 g/mol. The highest BCUT2D eigenvalue weighted by atomic mass is 16.5. The molecule has 0 radical (unpaired) electrons. The van der Waals surface area contributed by atoms with E-state index in [1.165, 1.54) is 11.1 Å². The van der Waals surface area contributed by atoms with Crippen LogP contribution in [0.15, 0.2) is 6.20 Å². The predicted octanol–water partition coefficient (Wildman–Crippen LogP) is 1.47. The van der Waals surface area contributed by atoms with Crippen LogP contribution >= 0.6 is 0 Å². The van der Waals surface area contributed by atoms with E-state index >= 15 is 0 Å². The average Bonchev–Trinajstić information content (AvgIpc) is 3.16. The van der Waals surface area contributed by atoms with Crippen LogP contribution in [0, 0.1) is 0 Å². The molecule has 1 spiro atoms. The van der Waals surface area contributed by atoms with Crippen molar-refractivity contribution in [3.05, 3.63) is 28.7 Å². The molecule has 0 aromatic carbocycles. The minimum absolute atomic E-state index is 0.320. The van der Waals surface area contributed by atoms with Crippen molar-refractivity contribution in [2.75, 3.05) is 49.3 Å². The summed E-state index contributed by atoms with van der Waals surface area (Å²) in [6.07, 6.45) is 7.83. The van der Waals surface area contributed by atoms with Gasteiger partial charge >= 0.3 is 0 Å². The maximum Gasteiger partial charge on any atom is 0.225 e. The number of ether oxygens (including phenoxy) is 1. The molecule has 8 heteroatoms. The number of nitrogen functional groups attached to an aromatic ring is 1. The Morgan fingerprint density at radius 2 is 1.93 bits per heavy atom. The standard InChI is InChI=1S/C20H27N7O/c1-26(2)19-22-12-13-6-11-28-20(16(13)24-19)7-9-27(10-8-20)17-14-4-3-5-15(14)23-18(21)25-17/h12H,3-11H2,1-2H3,(H2,21,23,25). The van der Waals surface area contributed by atoms with Gasteiger partial charge in [-0.05, 0) is 44.1 Å². The normalized spacial score (nSPS) is 20.1. The molecule has 0 saturated carbocycles. The van der Waals surface area contributed by atoms with Crippen molar-refractivity contribution in [3.63, 3.8) is 0 Å². The molecule has 4 heterocycles. The summed E-state index contributed by atoms with van der Waals surface area (Å²) < 4.78 is 6.38. The van der Waals surface area contributed by atoms with Crippen LogP contribution in [0.4, 0.5) is 17.7 Å².